The Labute approximate surface area is 153 Å². The summed E-state index contributed by atoms with van der Waals surface area (Å²) in [5.41, 5.74) is 0.955. The average molecular weight is 364 g/mol. The number of rotatable bonds is 4. The molecule has 0 fully saturated rings. The Hall–Kier alpha value is -2.99. The lowest BCUT2D eigenvalue weighted by Crippen LogP contribution is -2.33. The standard InChI is InChI=1S/C20H18N3O2S/c1-22-20(26(24)17-12-10-16(25-2)11-13-17)14-23(21-22)19-9-5-7-15-6-3-4-8-18(15)19/h3-14H,1-2H3/q+1. The van der Waals surface area contributed by atoms with E-state index < -0.39 is 10.8 Å². The van der Waals surface area contributed by atoms with Gasteiger partial charge in [-0.25, -0.2) is 4.21 Å². The van der Waals surface area contributed by atoms with Gasteiger partial charge in [-0.2, -0.15) is 0 Å². The summed E-state index contributed by atoms with van der Waals surface area (Å²) in [5, 5.41) is 7.39. The fourth-order valence-electron chi connectivity index (χ4n) is 2.92. The molecule has 0 saturated carbocycles. The molecule has 1 aromatic heterocycles. The van der Waals surface area contributed by atoms with Gasteiger partial charge in [0.2, 0.25) is 0 Å². The molecule has 0 bridgehead atoms. The molecule has 0 aliphatic heterocycles. The molecule has 1 atom stereocenters. The molecular formula is C20H18N3O2S+. The second-order valence-corrected chi connectivity index (χ2v) is 7.29. The van der Waals surface area contributed by atoms with E-state index in [2.05, 4.69) is 23.4 Å². The zero-order chi connectivity index (χ0) is 18.1. The van der Waals surface area contributed by atoms with Crippen molar-refractivity contribution in [3.63, 3.8) is 0 Å². The Morgan fingerprint density at radius 3 is 2.50 bits per heavy atom. The van der Waals surface area contributed by atoms with E-state index in [9.17, 15) is 4.21 Å². The van der Waals surface area contributed by atoms with Crippen molar-refractivity contribution in [2.75, 3.05) is 7.11 Å². The van der Waals surface area contributed by atoms with Gasteiger partial charge in [0, 0.05) is 10.3 Å². The molecule has 0 radical (unpaired) electrons. The number of fused-ring (bicyclic) bond motifs is 1. The van der Waals surface area contributed by atoms with Crippen molar-refractivity contribution >= 4 is 21.6 Å². The molecule has 130 valence electrons. The molecule has 4 aromatic rings. The highest BCUT2D eigenvalue weighted by Crippen LogP contribution is 2.21. The minimum Gasteiger partial charge on any atom is -0.497 e. The van der Waals surface area contributed by atoms with Crippen LogP contribution in [0, 0.1) is 0 Å². The van der Waals surface area contributed by atoms with Crippen molar-refractivity contribution in [3.8, 4) is 11.4 Å². The first-order valence-corrected chi connectivity index (χ1v) is 9.32. The van der Waals surface area contributed by atoms with E-state index in [1.807, 2.05) is 54.7 Å². The number of aryl methyl sites for hydroxylation is 1. The summed E-state index contributed by atoms with van der Waals surface area (Å²) in [4.78, 5) is 0.707. The number of aromatic nitrogens is 3. The fourth-order valence-corrected chi connectivity index (χ4v) is 4.01. The first-order valence-electron chi connectivity index (χ1n) is 8.17. The van der Waals surface area contributed by atoms with Crippen LogP contribution in [0.25, 0.3) is 16.5 Å². The van der Waals surface area contributed by atoms with Gasteiger partial charge in [-0.05, 0) is 35.7 Å². The monoisotopic (exact) mass is 364 g/mol. The maximum absolute atomic E-state index is 13.0. The van der Waals surface area contributed by atoms with Crippen molar-refractivity contribution in [2.45, 2.75) is 9.92 Å². The third kappa shape index (κ3) is 2.88. The van der Waals surface area contributed by atoms with Crippen LogP contribution in [0.4, 0.5) is 0 Å². The van der Waals surface area contributed by atoms with Crippen molar-refractivity contribution in [1.29, 1.82) is 0 Å². The van der Waals surface area contributed by atoms with Gasteiger partial charge in [0.1, 0.15) is 23.6 Å². The molecule has 3 aromatic carbocycles. The normalized spacial score (nSPS) is 12.2. The second-order valence-electron chi connectivity index (χ2n) is 5.87. The number of ether oxygens (including phenoxy) is 1. The largest absolute Gasteiger partial charge is 0.497 e. The summed E-state index contributed by atoms with van der Waals surface area (Å²) >= 11 is 0. The van der Waals surface area contributed by atoms with Gasteiger partial charge in [0.15, 0.2) is 11.9 Å². The summed E-state index contributed by atoms with van der Waals surface area (Å²) in [6.45, 7) is 0. The third-order valence-corrected chi connectivity index (χ3v) is 5.71. The van der Waals surface area contributed by atoms with Crippen LogP contribution in [0.3, 0.4) is 0 Å². The number of hydrogen-bond acceptors (Lipinski definition) is 3. The molecule has 1 heterocycles. The van der Waals surface area contributed by atoms with Gasteiger partial charge < -0.3 is 4.74 Å². The lowest BCUT2D eigenvalue weighted by Gasteiger charge is -2.01. The molecular weight excluding hydrogens is 346 g/mol. The summed E-state index contributed by atoms with van der Waals surface area (Å²) in [6, 6.07) is 21.5. The van der Waals surface area contributed by atoms with Crippen molar-refractivity contribution < 1.29 is 13.6 Å². The fraction of sp³-hybridized carbons (Fsp3) is 0.100. The summed E-state index contributed by atoms with van der Waals surface area (Å²) in [6.07, 6.45) is 1.82. The van der Waals surface area contributed by atoms with Gasteiger partial charge in [-0.15, -0.1) is 9.36 Å². The SMILES string of the molecule is COc1ccc(S(=O)c2c[n+](-c3cccc4ccccc34)nn2C)cc1. The lowest BCUT2D eigenvalue weighted by molar-refractivity contribution is -0.660. The first-order chi connectivity index (χ1) is 12.7. The van der Waals surface area contributed by atoms with Crippen LogP contribution < -0.4 is 9.42 Å². The van der Waals surface area contributed by atoms with Crippen LogP contribution >= 0.6 is 0 Å². The predicted octanol–water partition coefficient (Wildman–Crippen LogP) is 3.03. The molecule has 0 N–H and O–H groups in total. The Balaban J connectivity index is 1.76. The topological polar surface area (TPSA) is 48.0 Å². The zero-order valence-electron chi connectivity index (χ0n) is 14.5. The van der Waals surface area contributed by atoms with Crippen LogP contribution in [-0.2, 0) is 17.8 Å². The zero-order valence-corrected chi connectivity index (χ0v) is 15.3. The van der Waals surface area contributed by atoms with Crippen LogP contribution in [0.1, 0.15) is 0 Å². The van der Waals surface area contributed by atoms with E-state index in [1.54, 1.807) is 23.5 Å². The second kappa shape index (κ2) is 6.72. The number of benzene rings is 3. The van der Waals surface area contributed by atoms with Crippen molar-refractivity contribution in [3.05, 3.63) is 72.9 Å². The smallest absolute Gasteiger partial charge is 0.259 e. The van der Waals surface area contributed by atoms with Gasteiger partial charge >= 0.3 is 0 Å². The van der Waals surface area contributed by atoms with Crippen LogP contribution in [0.2, 0.25) is 0 Å². The van der Waals surface area contributed by atoms with E-state index >= 15 is 0 Å². The highest BCUT2D eigenvalue weighted by Gasteiger charge is 2.22. The molecule has 0 spiro atoms. The Kier molecular flexibility index (Phi) is 4.26. The van der Waals surface area contributed by atoms with E-state index in [-0.39, 0.29) is 0 Å². The summed E-state index contributed by atoms with van der Waals surface area (Å²) < 4.78 is 21.6. The Bertz CT molecular complexity index is 1100. The van der Waals surface area contributed by atoms with E-state index in [0.29, 0.717) is 9.92 Å². The molecule has 1 unspecified atom stereocenters. The molecule has 0 amide bonds. The predicted molar refractivity (Wildman–Crippen MR) is 99.9 cm³/mol. The molecule has 5 nitrogen and oxygen atoms in total. The summed E-state index contributed by atoms with van der Waals surface area (Å²) in [7, 11) is 2.08. The van der Waals surface area contributed by atoms with Crippen LogP contribution in [-0.4, -0.2) is 21.2 Å². The Morgan fingerprint density at radius 2 is 1.73 bits per heavy atom. The first kappa shape index (κ1) is 16.5. The van der Waals surface area contributed by atoms with Crippen LogP contribution in [0.15, 0.2) is 82.8 Å². The van der Waals surface area contributed by atoms with Gasteiger partial charge in [-0.3, -0.25) is 0 Å². The molecule has 0 aliphatic rings. The minimum atomic E-state index is -1.33. The van der Waals surface area contributed by atoms with Gasteiger partial charge in [0.25, 0.3) is 5.03 Å². The highest BCUT2D eigenvalue weighted by molar-refractivity contribution is 7.85. The maximum Gasteiger partial charge on any atom is 0.259 e. The van der Waals surface area contributed by atoms with E-state index in [1.165, 1.54) is 0 Å². The van der Waals surface area contributed by atoms with Crippen LogP contribution in [0.5, 0.6) is 5.75 Å². The minimum absolute atomic E-state index is 0.628. The molecule has 0 aliphatic carbocycles. The third-order valence-electron chi connectivity index (χ3n) is 4.26. The molecule has 0 saturated heterocycles. The highest BCUT2D eigenvalue weighted by atomic mass is 32.2. The quantitative estimate of drug-likeness (QED) is 0.523. The number of methoxy groups -OCH3 is 1. The average Bonchev–Trinajstić information content (AvgIpc) is 3.08. The van der Waals surface area contributed by atoms with Crippen molar-refractivity contribution in [2.24, 2.45) is 7.05 Å². The molecule has 26 heavy (non-hydrogen) atoms. The van der Waals surface area contributed by atoms with E-state index in [0.717, 1.165) is 22.2 Å². The maximum atomic E-state index is 13.0. The number of nitrogens with zero attached hydrogens (tertiary/aromatic N) is 3. The summed E-state index contributed by atoms with van der Waals surface area (Å²) in [5.74, 6) is 0.738. The lowest BCUT2D eigenvalue weighted by atomic mass is 10.1. The van der Waals surface area contributed by atoms with Gasteiger partial charge in [-0.1, -0.05) is 36.4 Å². The van der Waals surface area contributed by atoms with E-state index in [4.69, 9.17) is 4.74 Å². The number of hydrogen-bond donors (Lipinski definition) is 0. The molecule has 4 rings (SSSR count). The van der Waals surface area contributed by atoms with Gasteiger partial charge in [0.05, 0.1) is 12.3 Å². The molecule has 6 heteroatoms. The Morgan fingerprint density at radius 1 is 1.00 bits per heavy atom. The van der Waals surface area contributed by atoms with Crippen molar-refractivity contribution in [1.82, 2.24) is 9.90 Å².